The van der Waals surface area contributed by atoms with Crippen molar-refractivity contribution in [2.75, 3.05) is 13.1 Å². The smallest absolute Gasteiger partial charge is 0.325 e. The molecule has 0 unspecified atom stereocenters. The molecule has 0 atom stereocenters. The lowest BCUT2D eigenvalue weighted by Crippen LogP contribution is -2.49. The highest BCUT2D eigenvalue weighted by Crippen LogP contribution is 2.40. The van der Waals surface area contributed by atoms with E-state index >= 15 is 0 Å². The molecular formula is C26H31N3O3. The fourth-order valence-corrected chi connectivity index (χ4v) is 4.85. The second kappa shape index (κ2) is 9.98. The molecular weight excluding hydrogens is 402 g/mol. The zero-order valence-corrected chi connectivity index (χ0v) is 18.4. The van der Waals surface area contributed by atoms with E-state index in [1.54, 1.807) is 0 Å². The van der Waals surface area contributed by atoms with Gasteiger partial charge in [0.15, 0.2) is 0 Å². The van der Waals surface area contributed by atoms with E-state index < -0.39 is 11.6 Å². The monoisotopic (exact) mass is 433 g/mol. The van der Waals surface area contributed by atoms with Crippen LogP contribution < -0.4 is 10.6 Å². The van der Waals surface area contributed by atoms with Crippen LogP contribution in [-0.2, 0) is 16.0 Å². The van der Waals surface area contributed by atoms with Gasteiger partial charge in [-0.3, -0.25) is 14.5 Å². The molecule has 1 spiro atoms. The van der Waals surface area contributed by atoms with E-state index in [4.69, 9.17) is 0 Å². The molecule has 4 amide bonds. The lowest BCUT2D eigenvalue weighted by Gasteiger charge is -2.35. The van der Waals surface area contributed by atoms with Crippen molar-refractivity contribution >= 4 is 17.8 Å². The van der Waals surface area contributed by atoms with Gasteiger partial charge in [0, 0.05) is 6.54 Å². The van der Waals surface area contributed by atoms with Crippen LogP contribution in [0, 0.1) is 0 Å². The number of unbranched alkanes of at least 4 members (excludes halogenated alkanes) is 1. The summed E-state index contributed by atoms with van der Waals surface area (Å²) in [6, 6.07) is 20.1. The summed E-state index contributed by atoms with van der Waals surface area (Å²) in [5, 5.41) is 5.74. The molecule has 1 saturated carbocycles. The van der Waals surface area contributed by atoms with E-state index in [1.165, 1.54) is 11.1 Å². The Morgan fingerprint density at radius 3 is 2.31 bits per heavy atom. The summed E-state index contributed by atoms with van der Waals surface area (Å²) in [7, 11) is 0. The van der Waals surface area contributed by atoms with Gasteiger partial charge in [-0.2, -0.15) is 0 Å². The minimum absolute atomic E-state index is 0.215. The molecule has 1 aliphatic carbocycles. The highest BCUT2D eigenvalue weighted by molar-refractivity contribution is 6.09. The van der Waals surface area contributed by atoms with Crippen LogP contribution in [0.1, 0.15) is 55.6 Å². The third-order valence-corrected chi connectivity index (χ3v) is 6.71. The number of imide groups is 1. The maximum absolute atomic E-state index is 13.1. The lowest BCUT2D eigenvalue weighted by atomic mass is 9.74. The fraction of sp³-hybridized carbons (Fsp3) is 0.423. The van der Waals surface area contributed by atoms with E-state index in [-0.39, 0.29) is 18.4 Å². The third kappa shape index (κ3) is 5.01. The number of hydrogen-bond acceptors (Lipinski definition) is 3. The second-order valence-corrected chi connectivity index (χ2v) is 8.88. The van der Waals surface area contributed by atoms with Crippen molar-refractivity contribution in [1.29, 1.82) is 0 Å². The van der Waals surface area contributed by atoms with Crippen LogP contribution in [0.4, 0.5) is 4.79 Å². The van der Waals surface area contributed by atoms with E-state index in [0.29, 0.717) is 25.3 Å². The van der Waals surface area contributed by atoms with Crippen LogP contribution in [0.15, 0.2) is 60.7 Å². The Balaban J connectivity index is 1.22. The number of hydrogen-bond donors (Lipinski definition) is 2. The molecule has 2 N–H and O–H groups in total. The summed E-state index contributed by atoms with van der Waals surface area (Å²) in [6.45, 7) is 0.326. The number of nitrogens with zero attached hydrogens (tertiary/aromatic N) is 1. The van der Waals surface area contributed by atoms with Crippen LogP contribution in [0.2, 0.25) is 0 Å². The SMILES string of the molecule is O=C(CN1C(=O)NC2(CCC(c3ccccc3)CC2)C1=O)NCCCCc1ccccc1. The zero-order valence-electron chi connectivity index (χ0n) is 18.4. The molecule has 1 saturated heterocycles. The first-order chi connectivity index (χ1) is 15.6. The van der Waals surface area contributed by atoms with Crippen LogP contribution in [0.3, 0.4) is 0 Å². The zero-order chi connectivity index (χ0) is 22.4. The van der Waals surface area contributed by atoms with Gasteiger partial charge in [0.1, 0.15) is 12.1 Å². The van der Waals surface area contributed by atoms with Gasteiger partial charge in [0.25, 0.3) is 5.91 Å². The van der Waals surface area contributed by atoms with Crippen molar-refractivity contribution in [3.63, 3.8) is 0 Å². The Kier molecular flexibility index (Phi) is 6.88. The van der Waals surface area contributed by atoms with Crippen molar-refractivity contribution in [2.45, 2.75) is 56.4 Å². The molecule has 0 bridgehead atoms. The number of aryl methyl sites for hydroxylation is 1. The van der Waals surface area contributed by atoms with Crippen molar-refractivity contribution in [1.82, 2.24) is 15.5 Å². The first kappa shape index (κ1) is 22.1. The molecule has 0 aromatic heterocycles. The number of nitrogens with one attached hydrogen (secondary N) is 2. The van der Waals surface area contributed by atoms with Gasteiger partial charge in [-0.25, -0.2) is 4.79 Å². The van der Waals surface area contributed by atoms with Crippen LogP contribution in [0.5, 0.6) is 0 Å². The third-order valence-electron chi connectivity index (χ3n) is 6.71. The van der Waals surface area contributed by atoms with Gasteiger partial charge < -0.3 is 10.6 Å². The maximum atomic E-state index is 13.1. The lowest BCUT2D eigenvalue weighted by molar-refractivity contribution is -0.135. The fourth-order valence-electron chi connectivity index (χ4n) is 4.85. The summed E-state index contributed by atoms with van der Waals surface area (Å²) >= 11 is 0. The van der Waals surface area contributed by atoms with Crippen molar-refractivity contribution in [3.05, 3.63) is 71.8 Å². The first-order valence-corrected chi connectivity index (χ1v) is 11.6. The Morgan fingerprint density at radius 1 is 0.969 bits per heavy atom. The summed E-state index contributed by atoms with van der Waals surface area (Å²) in [6.07, 6.45) is 5.69. The molecule has 0 radical (unpaired) electrons. The Hall–Kier alpha value is -3.15. The quantitative estimate of drug-likeness (QED) is 0.491. The highest BCUT2D eigenvalue weighted by atomic mass is 16.2. The van der Waals surface area contributed by atoms with E-state index in [0.717, 1.165) is 37.0 Å². The Bertz CT molecular complexity index is 937. The number of amides is 4. The van der Waals surface area contributed by atoms with Gasteiger partial charge in [0.2, 0.25) is 5.91 Å². The number of rotatable bonds is 8. The Morgan fingerprint density at radius 2 is 1.62 bits per heavy atom. The second-order valence-electron chi connectivity index (χ2n) is 8.88. The highest BCUT2D eigenvalue weighted by Gasteiger charge is 2.52. The van der Waals surface area contributed by atoms with Crippen molar-refractivity contribution in [2.24, 2.45) is 0 Å². The van der Waals surface area contributed by atoms with Crippen molar-refractivity contribution in [3.8, 4) is 0 Å². The predicted octanol–water partition coefficient (Wildman–Crippen LogP) is 3.77. The topological polar surface area (TPSA) is 78.5 Å². The van der Waals surface area contributed by atoms with Gasteiger partial charge in [-0.1, -0.05) is 60.7 Å². The van der Waals surface area contributed by atoms with Crippen LogP contribution >= 0.6 is 0 Å². The summed E-state index contributed by atoms with van der Waals surface area (Å²) < 4.78 is 0. The minimum atomic E-state index is -0.849. The number of benzene rings is 2. The molecule has 2 aromatic rings. The van der Waals surface area contributed by atoms with Crippen molar-refractivity contribution < 1.29 is 14.4 Å². The van der Waals surface area contributed by atoms with E-state index in [2.05, 4.69) is 34.9 Å². The average molecular weight is 434 g/mol. The van der Waals surface area contributed by atoms with E-state index in [1.807, 2.05) is 36.4 Å². The normalized spacial score (nSPS) is 22.8. The number of carbonyl (C=O) groups is 3. The summed E-state index contributed by atoms with van der Waals surface area (Å²) in [4.78, 5) is 39.0. The van der Waals surface area contributed by atoms with E-state index in [9.17, 15) is 14.4 Å². The summed E-state index contributed by atoms with van der Waals surface area (Å²) in [5.74, 6) is -0.142. The van der Waals surface area contributed by atoms with Crippen LogP contribution in [0.25, 0.3) is 0 Å². The predicted molar refractivity (Wildman–Crippen MR) is 123 cm³/mol. The molecule has 6 heteroatoms. The minimum Gasteiger partial charge on any atom is -0.355 e. The first-order valence-electron chi connectivity index (χ1n) is 11.6. The van der Waals surface area contributed by atoms with Crippen LogP contribution in [-0.4, -0.2) is 41.4 Å². The van der Waals surface area contributed by atoms with Gasteiger partial charge >= 0.3 is 6.03 Å². The van der Waals surface area contributed by atoms with Gasteiger partial charge in [0.05, 0.1) is 0 Å². The molecule has 4 rings (SSSR count). The molecule has 32 heavy (non-hydrogen) atoms. The average Bonchev–Trinajstić information content (AvgIpc) is 3.04. The maximum Gasteiger partial charge on any atom is 0.325 e. The van der Waals surface area contributed by atoms with Gasteiger partial charge in [-0.15, -0.1) is 0 Å². The molecule has 2 fully saturated rings. The molecule has 2 aromatic carbocycles. The molecule has 1 heterocycles. The largest absolute Gasteiger partial charge is 0.355 e. The molecule has 168 valence electrons. The van der Waals surface area contributed by atoms with Gasteiger partial charge in [-0.05, 0) is 62.0 Å². The molecule has 2 aliphatic rings. The standard InChI is InChI=1S/C26H31N3O3/c30-23(27-18-8-7-11-20-9-3-1-4-10-20)19-29-24(31)26(28-25(29)32)16-14-22(15-17-26)21-12-5-2-6-13-21/h1-6,9-10,12-13,22H,7-8,11,14-19H2,(H,27,30)(H,28,32). The number of urea groups is 1. The number of carbonyl (C=O) groups excluding carboxylic acids is 3. The summed E-state index contributed by atoms with van der Waals surface area (Å²) in [5.41, 5.74) is 1.71. The molecule has 1 aliphatic heterocycles. The molecule has 6 nitrogen and oxygen atoms in total. The Labute approximate surface area is 189 Å².